The SMILES string of the molecule is CC1(CN)CCCCN1C(=O)NC1CCCCC1. The Labute approximate surface area is 110 Å². The van der Waals surface area contributed by atoms with Crippen LogP contribution in [0, 0.1) is 0 Å². The van der Waals surface area contributed by atoms with E-state index in [1.165, 1.54) is 25.7 Å². The molecule has 1 saturated heterocycles. The van der Waals surface area contributed by atoms with Gasteiger partial charge < -0.3 is 16.0 Å². The molecule has 2 aliphatic rings. The molecule has 1 heterocycles. The number of amides is 2. The van der Waals surface area contributed by atoms with Crippen molar-refractivity contribution in [3.63, 3.8) is 0 Å². The number of urea groups is 1. The minimum absolute atomic E-state index is 0.106. The van der Waals surface area contributed by atoms with Crippen LogP contribution >= 0.6 is 0 Å². The van der Waals surface area contributed by atoms with Gasteiger partial charge in [-0.2, -0.15) is 0 Å². The van der Waals surface area contributed by atoms with E-state index in [0.29, 0.717) is 12.6 Å². The summed E-state index contributed by atoms with van der Waals surface area (Å²) in [5.74, 6) is 0. The zero-order chi connectivity index (χ0) is 13.0. The lowest BCUT2D eigenvalue weighted by molar-refractivity contribution is 0.0919. The van der Waals surface area contributed by atoms with Gasteiger partial charge in [-0.25, -0.2) is 4.79 Å². The first-order chi connectivity index (χ1) is 8.65. The van der Waals surface area contributed by atoms with Crippen LogP contribution in [0.1, 0.15) is 58.3 Å². The molecular weight excluding hydrogens is 226 g/mol. The molecule has 0 bridgehead atoms. The average Bonchev–Trinajstić information content (AvgIpc) is 2.40. The molecule has 18 heavy (non-hydrogen) atoms. The first-order valence-electron chi connectivity index (χ1n) is 7.44. The Morgan fingerprint density at radius 3 is 2.67 bits per heavy atom. The van der Waals surface area contributed by atoms with Crippen molar-refractivity contribution in [3.8, 4) is 0 Å². The summed E-state index contributed by atoms with van der Waals surface area (Å²) in [5, 5.41) is 3.21. The van der Waals surface area contributed by atoms with Gasteiger partial charge in [-0.1, -0.05) is 19.3 Å². The van der Waals surface area contributed by atoms with Crippen LogP contribution in [-0.4, -0.2) is 35.6 Å². The van der Waals surface area contributed by atoms with Gasteiger partial charge in [0.25, 0.3) is 0 Å². The minimum Gasteiger partial charge on any atom is -0.335 e. The van der Waals surface area contributed by atoms with Crippen molar-refractivity contribution in [2.45, 2.75) is 69.9 Å². The lowest BCUT2D eigenvalue weighted by Crippen LogP contribution is -2.60. The second-order valence-corrected chi connectivity index (χ2v) is 6.09. The van der Waals surface area contributed by atoms with E-state index in [-0.39, 0.29) is 11.6 Å². The van der Waals surface area contributed by atoms with Crippen LogP contribution in [0.15, 0.2) is 0 Å². The quantitative estimate of drug-likeness (QED) is 0.793. The molecule has 2 amide bonds. The standard InChI is InChI=1S/C14H27N3O/c1-14(11-15)9-5-6-10-17(14)13(18)16-12-7-3-2-4-8-12/h12H,2-11,15H2,1H3,(H,16,18). The second kappa shape index (κ2) is 5.91. The maximum absolute atomic E-state index is 12.4. The van der Waals surface area contributed by atoms with E-state index >= 15 is 0 Å². The summed E-state index contributed by atoms with van der Waals surface area (Å²) < 4.78 is 0. The molecule has 0 spiro atoms. The van der Waals surface area contributed by atoms with Crippen molar-refractivity contribution in [2.24, 2.45) is 5.73 Å². The molecule has 0 aromatic rings. The van der Waals surface area contributed by atoms with E-state index in [4.69, 9.17) is 5.73 Å². The summed E-state index contributed by atoms with van der Waals surface area (Å²) >= 11 is 0. The first-order valence-corrected chi connectivity index (χ1v) is 7.44. The number of rotatable bonds is 2. The summed E-state index contributed by atoms with van der Waals surface area (Å²) in [6.07, 6.45) is 9.41. The van der Waals surface area contributed by atoms with Crippen LogP contribution in [0.3, 0.4) is 0 Å². The van der Waals surface area contributed by atoms with Crippen molar-refractivity contribution in [1.82, 2.24) is 10.2 Å². The monoisotopic (exact) mass is 253 g/mol. The Hall–Kier alpha value is -0.770. The molecule has 4 nitrogen and oxygen atoms in total. The number of likely N-dealkylation sites (tertiary alicyclic amines) is 1. The van der Waals surface area contributed by atoms with Gasteiger partial charge in [-0.3, -0.25) is 0 Å². The van der Waals surface area contributed by atoms with E-state index in [0.717, 1.165) is 32.2 Å². The van der Waals surface area contributed by atoms with Crippen LogP contribution < -0.4 is 11.1 Å². The maximum Gasteiger partial charge on any atom is 0.318 e. The molecular formula is C14H27N3O. The fourth-order valence-electron chi connectivity index (χ4n) is 3.24. The molecule has 1 saturated carbocycles. The number of carbonyl (C=O) groups excluding carboxylic acids is 1. The van der Waals surface area contributed by atoms with Gasteiger partial charge in [0.2, 0.25) is 0 Å². The van der Waals surface area contributed by atoms with Crippen molar-refractivity contribution in [1.29, 1.82) is 0 Å². The van der Waals surface area contributed by atoms with Crippen molar-refractivity contribution >= 4 is 6.03 Å². The maximum atomic E-state index is 12.4. The molecule has 0 aromatic heterocycles. The number of nitrogens with two attached hydrogens (primary N) is 1. The molecule has 1 unspecified atom stereocenters. The van der Waals surface area contributed by atoms with Crippen LogP contribution in [0.5, 0.6) is 0 Å². The van der Waals surface area contributed by atoms with E-state index in [9.17, 15) is 4.79 Å². The summed E-state index contributed by atoms with van der Waals surface area (Å²) in [6.45, 7) is 3.53. The van der Waals surface area contributed by atoms with Crippen molar-refractivity contribution < 1.29 is 4.79 Å². The fourth-order valence-corrected chi connectivity index (χ4v) is 3.24. The molecule has 2 rings (SSSR count). The lowest BCUT2D eigenvalue weighted by atomic mass is 9.88. The van der Waals surface area contributed by atoms with Gasteiger partial charge in [0.1, 0.15) is 0 Å². The molecule has 0 radical (unpaired) electrons. The highest BCUT2D eigenvalue weighted by molar-refractivity contribution is 5.75. The number of carbonyl (C=O) groups is 1. The third kappa shape index (κ3) is 2.97. The van der Waals surface area contributed by atoms with Crippen molar-refractivity contribution in [2.75, 3.05) is 13.1 Å². The largest absolute Gasteiger partial charge is 0.335 e. The molecule has 3 N–H and O–H groups in total. The Bertz CT molecular complexity index is 289. The van der Waals surface area contributed by atoms with E-state index in [1.807, 2.05) is 4.90 Å². The number of nitrogens with one attached hydrogen (secondary N) is 1. The molecule has 1 atom stereocenters. The molecule has 1 aliphatic carbocycles. The van der Waals surface area contributed by atoms with Crippen LogP contribution in [-0.2, 0) is 0 Å². The molecule has 4 heteroatoms. The normalized spacial score (nSPS) is 30.2. The topological polar surface area (TPSA) is 58.4 Å². The highest BCUT2D eigenvalue weighted by atomic mass is 16.2. The smallest absolute Gasteiger partial charge is 0.318 e. The Balaban J connectivity index is 1.93. The summed E-state index contributed by atoms with van der Waals surface area (Å²) in [6, 6.07) is 0.491. The number of piperidine rings is 1. The van der Waals surface area contributed by atoms with Gasteiger partial charge in [0.05, 0.1) is 5.54 Å². The van der Waals surface area contributed by atoms with Crippen LogP contribution in [0.2, 0.25) is 0 Å². The predicted octanol–water partition coefficient (Wildman–Crippen LogP) is 2.23. The lowest BCUT2D eigenvalue weighted by Gasteiger charge is -2.44. The summed E-state index contributed by atoms with van der Waals surface area (Å²) in [7, 11) is 0. The van der Waals surface area contributed by atoms with E-state index in [1.54, 1.807) is 0 Å². The van der Waals surface area contributed by atoms with Gasteiger partial charge >= 0.3 is 6.03 Å². The summed E-state index contributed by atoms with van der Waals surface area (Å²) in [5.41, 5.74) is 5.74. The van der Waals surface area contributed by atoms with Crippen LogP contribution in [0.25, 0.3) is 0 Å². The fraction of sp³-hybridized carbons (Fsp3) is 0.929. The van der Waals surface area contributed by atoms with Gasteiger partial charge in [-0.15, -0.1) is 0 Å². The Kier molecular flexibility index (Phi) is 4.49. The predicted molar refractivity (Wildman–Crippen MR) is 73.4 cm³/mol. The van der Waals surface area contributed by atoms with Gasteiger partial charge in [-0.05, 0) is 39.0 Å². The zero-order valence-corrected chi connectivity index (χ0v) is 11.6. The number of hydrogen-bond acceptors (Lipinski definition) is 2. The van der Waals surface area contributed by atoms with E-state index in [2.05, 4.69) is 12.2 Å². The molecule has 0 aromatic carbocycles. The van der Waals surface area contributed by atoms with Gasteiger partial charge in [0, 0.05) is 19.1 Å². The summed E-state index contributed by atoms with van der Waals surface area (Å²) in [4.78, 5) is 14.4. The third-order valence-corrected chi connectivity index (χ3v) is 4.62. The highest BCUT2D eigenvalue weighted by Crippen LogP contribution is 2.27. The highest BCUT2D eigenvalue weighted by Gasteiger charge is 2.36. The Morgan fingerprint density at radius 1 is 1.28 bits per heavy atom. The third-order valence-electron chi connectivity index (χ3n) is 4.62. The number of nitrogens with zero attached hydrogens (tertiary/aromatic N) is 1. The molecule has 2 fully saturated rings. The zero-order valence-electron chi connectivity index (χ0n) is 11.6. The van der Waals surface area contributed by atoms with Crippen molar-refractivity contribution in [3.05, 3.63) is 0 Å². The van der Waals surface area contributed by atoms with E-state index < -0.39 is 0 Å². The number of hydrogen-bond donors (Lipinski definition) is 2. The van der Waals surface area contributed by atoms with Gasteiger partial charge in [0.15, 0.2) is 0 Å². The molecule has 1 aliphatic heterocycles. The second-order valence-electron chi connectivity index (χ2n) is 6.09. The van der Waals surface area contributed by atoms with Crippen LogP contribution in [0.4, 0.5) is 4.79 Å². The average molecular weight is 253 g/mol. The Morgan fingerprint density at radius 2 is 2.00 bits per heavy atom. The first kappa shape index (κ1) is 13.7. The minimum atomic E-state index is -0.142. The molecule has 104 valence electrons.